The van der Waals surface area contributed by atoms with Gasteiger partial charge in [-0.1, -0.05) is 24.3 Å². The Morgan fingerprint density at radius 3 is 2.96 bits per heavy atom. The predicted molar refractivity (Wildman–Crippen MR) is 99.0 cm³/mol. The lowest BCUT2D eigenvalue weighted by Crippen LogP contribution is -2.25. The van der Waals surface area contributed by atoms with Crippen LogP contribution in [-0.2, 0) is 37.1 Å². The van der Waals surface area contributed by atoms with Crippen LogP contribution in [0.3, 0.4) is 0 Å². The van der Waals surface area contributed by atoms with E-state index in [-0.39, 0.29) is 6.42 Å². The normalized spacial score (nSPS) is 13.7. The molecule has 0 aliphatic carbocycles. The van der Waals surface area contributed by atoms with E-state index in [0.717, 1.165) is 54.6 Å². The molecule has 1 aliphatic heterocycles. The molecule has 0 atom stereocenters. The summed E-state index contributed by atoms with van der Waals surface area (Å²) in [5.74, 6) is -0.787. The van der Waals surface area contributed by atoms with Gasteiger partial charge in [0.1, 0.15) is 0 Å². The van der Waals surface area contributed by atoms with Crippen molar-refractivity contribution in [3.63, 3.8) is 0 Å². The summed E-state index contributed by atoms with van der Waals surface area (Å²) in [6.45, 7) is 2.16. The lowest BCUT2D eigenvalue weighted by Gasteiger charge is -2.15. The Bertz CT molecular complexity index is 948. The monoisotopic (exact) mass is 350 g/mol. The van der Waals surface area contributed by atoms with Crippen molar-refractivity contribution in [1.82, 2.24) is 20.1 Å². The van der Waals surface area contributed by atoms with Gasteiger partial charge < -0.3 is 10.4 Å². The molecule has 0 saturated heterocycles. The number of aliphatic carboxylic acids is 1. The molecule has 6 nitrogen and oxygen atoms in total. The summed E-state index contributed by atoms with van der Waals surface area (Å²) in [7, 11) is 0. The van der Waals surface area contributed by atoms with Crippen LogP contribution in [0.2, 0.25) is 0 Å². The number of benzene rings is 1. The Kier molecular flexibility index (Phi) is 4.67. The Labute approximate surface area is 151 Å². The van der Waals surface area contributed by atoms with E-state index in [0.29, 0.717) is 6.54 Å². The summed E-state index contributed by atoms with van der Waals surface area (Å²) < 4.78 is 1.90. The number of aromatic nitrogens is 3. The number of hydrogen-bond acceptors (Lipinski definition) is 4. The number of nitrogens with one attached hydrogen (secondary N) is 1. The first-order valence-corrected chi connectivity index (χ1v) is 9.05. The largest absolute Gasteiger partial charge is 0.481 e. The third-order valence-corrected chi connectivity index (χ3v) is 4.90. The van der Waals surface area contributed by atoms with Crippen LogP contribution in [0.5, 0.6) is 0 Å². The van der Waals surface area contributed by atoms with Crippen molar-refractivity contribution in [3.05, 3.63) is 59.0 Å². The van der Waals surface area contributed by atoms with Crippen LogP contribution in [0.15, 0.2) is 36.4 Å². The smallest absolute Gasteiger partial charge is 0.305 e. The summed E-state index contributed by atoms with van der Waals surface area (Å²) in [6.07, 6.45) is 2.64. The number of aryl methyl sites for hydroxylation is 3. The first-order chi connectivity index (χ1) is 12.7. The number of nitrogens with zero attached hydrogens (tertiary/aromatic N) is 3. The fourth-order valence-corrected chi connectivity index (χ4v) is 3.57. The molecule has 0 spiro atoms. The van der Waals surface area contributed by atoms with E-state index < -0.39 is 5.97 Å². The van der Waals surface area contributed by atoms with Crippen LogP contribution in [-0.4, -0.2) is 32.4 Å². The summed E-state index contributed by atoms with van der Waals surface area (Å²) >= 11 is 0. The number of hydrogen-bond donors (Lipinski definition) is 2. The van der Waals surface area contributed by atoms with Crippen LogP contribution in [0, 0.1) is 0 Å². The highest BCUT2D eigenvalue weighted by Crippen LogP contribution is 2.21. The van der Waals surface area contributed by atoms with Crippen LogP contribution >= 0.6 is 0 Å². The van der Waals surface area contributed by atoms with Gasteiger partial charge in [0.05, 0.1) is 24.2 Å². The summed E-state index contributed by atoms with van der Waals surface area (Å²) in [4.78, 5) is 15.6. The zero-order chi connectivity index (χ0) is 17.9. The topological polar surface area (TPSA) is 80.0 Å². The summed E-state index contributed by atoms with van der Waals surface area (Å²) in [6, 6.07) is 12.3. The molecule has 26 heavy (non-hydrogen) atoms. The van der Waals surface area contributed by atoms with Gasteiger partial charge in [0.2, 0.25) is 0 Å². The highest BCUT2D eigenvalue weighted by molar-refractivity contribution is 5.78. The number of carboxylic acid groups (broad SMARTS) is 1. The lowest BCUT2D eigenvalue weighted by atomic mass is 10.0. The minimum Gasteiger partial charge on any atom is -0.481 e. The number of fused-ring (bicyclic) bond motifs is 2. The van der Waals surface area contributed by atoms with Crippen molar-refractivity contribution < 1.29 is 9.90 Å². The second-order valence-electron chi connectivity index (χ2n) is 6.66. The Morgan fingerprint density at radius 2 is 2.08 bits per heavy atom. The zero-order valence-electron chi connectivity index (χ0n) is 14.6. The fourth-order valence-electron chi connectivity index (χ4n) is 3.57. The Morgan fingerprint density at radius 1 is 1.19 bits per heavy atom. The van der Waals surface area contributed by atoms with Crippen molar-refractivity contribution in [1.29, 1.82) is 0 Å². The van der Waals surface area contributed by atoms with Crippen molar-refractivity contribution in [2.45, 2.75) is 38.8 Å². The molecule has 0 radical (unpaired) electrons. The van der Waals surface area contributed by atoms with Crippen molar-refractivity contribution >= 4 is 16.9 Å². The van der Waals surface area contributed by atoms with Crippen LogP contribution in [0.1, 0.15) is 29.1 Å². The van der Waals surface area contributed by atoms with Gasteiger partial charge in [0, 0.05) is 41.8 Å². The molecule has 0 bridgehead atoms. The van der Waals surface area contributed by atoms with Gasteiger partial charge in [-0.15, -0.1) is 0 Å². The molecule has 1 aromatic carbocycles. The molecule has 0 amide bonds. The molecule has 4 rings (SSSR count). The Hall–Kier alpha value is -2.73. The molecule has 0 unspecified atom stereocenters. The fraction of sp³-hybridized carbons (Fsp3) is 0.350. The van der Waals surface area contributed by atoms with Gasteiger partial charge in [-0.2, -0.15) is 5.10 Å². The van der Waals surface area contributed by atoms with E-state index in [4.69, 9.17) is 15.2 Å². The van der Waals surface area contributed by atoms with Gasteiger partial charge in [-0.05, 0) is 25.0 Å². The number of para-hydroxylation sites is 1. The third-order valence-electron chi connectivity index (χ3n) is 4.90. The van der Waals surface area contributed by atoms with E-state index in [9.17, 15) is 4.79 Å². The van der Waals surface area contributed by atoms with Gasteiger partial charge in [0.25, 0.3) is 0 Å². The van der Waals surface area contributed by atoms with E-state index in [1.54, 1.807) is 0 Å². The second-order valence-corrected chi connectivity index (χ2v) is 6.66. The van der Waals surface area contributed by atoms with Gasteiger partial charge >= 0.3 is 5.97 Å². The standard InChI is InChI=1S/C20H22N4O2/c25-20(26)10-12-24-19-9-11-21-13-16(19)18(23-24)8-7-15-6-5-14-3-1-2-4-17(14)22-15/h1-6,21H,7-13H2,(H,25,26). The maximum atomic E-state index is 10.9. The quantitative estimate of drug-likeness (QED) is 0.713. The Balaban J connectivity index is 1.54. The zero-order valence-corrected chi connectivity index (χ0v) is 14.6. The minimum absolute atomic E-state index is 0.104. The molecular weight excluding hydrogens is 328 g/mol. The van der Waals surface area contributed by atoms with Crippen molar-refractivity contribution in [2.75, 3.05) is 6.54 Å². The molecule has 3 aromatic rings. The number of carboxylic acids is 1. The van der Waals surface area contributed by atoms with Crippen LogP contribution in [0.25, 0.3) is 10.9 Å². The highest BCUT2D eigenvalue weighted by atomic mass is 16.4. The predicted octanol–water partition coefficient (Wildman–Crippen LogP) is 2.34. The molecule has 2 aromatic heterocycles. The highest BCUT2D eigenvalue weighted by Gasteiger charge is 2.20. The average molecular weight is 350 g/mol. The SMILES string of the molecule is O=C(O)CCn1nc(CCc2ccc3ccccc3n2)c2c1CCNC2. The lowest BCUT2D eigenvalue weighted by molar-refractivity contribution is -0.137. The van der Waals surface area contributed by atoms with E-state index in [1.807, 2.05) is 22.9 Å². The van der Waals surface area contributed by atoms with E-state index in [1.165, 1.54) is 11.3 Å². The number of rotatable bonds is 6. The molecule has 0 saturated carbocycles. The third kappa shape index (κ3) is 3.46. The average Bonchev–Trinajstić information content (AvgIpc) is 3.02. The molecular formula is C20H22N4O2. The summed E-state index contributed by atoms with van der Waals surface area (Å²) in [5.41, 5.74) is 5.56. The summed E-state index contributed by atoms with van der Waals surface area (Å²) in [5, 5.41) is 18.2. The van der Waals surface area contributed by atoms with E-state index in [2.05, 4.69) is 23.5 Å². The van der Waals surface area contributed by atoms with Crippen LogP contribution in [0.4, 0.5) is 0 Å². The first-order valence-electron chi connectivity index (χ1n) is 9.05. The molecule has 3 heterocycles. The maximum Gasteiger partial charge on any atom is 0.305 e. The van der Waals surface area contributed by atoms with Crippen molar-refractivity contribution in [2.24, 2.45) is 0 Å². The van der Waals surface area contributed by atoms with Gasteiger partial charge in [-0.3, -0.25) is 14.5 Å². The second kappa shape index (κ2) is 7.25. The van der Waals surface area contributed by atoms with Crippen molar-refractivity contribution in [3.8, 4) is 0 Å². The molecule has 6 heteroatoms. The molecule has 1 aliphatic rings. The molecule has 2 N–H and O–H groups in total. The first kappa shape index (κ1) is 16.7. The minimum atomic E-state index is -0.787. The van der Waals surface area contributed by atoms with E-state index >= 15 is 0 Å². The molecule has 134 valence electrons. The van der Waals surface area contributed by atoms with Gasteiger partial charge in [-0.25, -0.2) is 0 Å². The maximum absolute atomic E-state index is 10.9. The van der Waals surface area contributed by atoms with Crippen LogP contribution < -0.4 is 5.32 Å². The molecule has 0 fully saturated rings. The number of pyridine rings is 1. The van der Waals surface area contributed by atoms with Gasteiger partial charge in [0.15, 0.2) is 0 Å². The number of carbonyl (C=O) groups is 1.